The number of β-amino-alcohol motifs (C(OH)–C–C–N with tert-alkyl or cyclic N) is 1. The van der Waals surface area contributed by atoms with Crippen LogP contribution < -0.4 is 0 Å². The Balaban J connectivity index is 1.67. The molecule has 2 fully saturated rings. The van der Waals surface area contributed by atoms with E-state index in [2.05, 4.69) is 0 Å². The Morgan fingerprint density at radius 2 is 2.25 bits per heavy atom. The third-order valence-corrected chi connectivity index (χ3v) is 3.47. The molecule has 2 aliphatic heterocycles. The van der Waals surface area contributed by atoms with Crippen molar-refractivity contribution in [1.82, 2.24) is 4.90 Å². The fraction of sp³-hybridized carbons (Fsp3) is 0.917. The Morgan fingerprint density at radius 3 is 2.88 bits per heavy atom. The first kappa shape index (κ1) is 11.9. The minimum Gasteiger partial charge on any atom is -0.391 e. The zero-order valence-electron chi connectivity index (χ0n) is 9.73. The fourth-order valence-corrected chi connectivity index (χ4v) is 2.45. The smallest absolute Gasteiger partial charge is 0.222 e. The van der Waals surface area contributed by atoms with E-state index in [4.69, 9.17) is 4.74 Å². The highest BCUT2D eigenvalue weighted by molar-refractivity contribution is 5.76. The zero-order valence-corrected chi connectivity index (χ0v) is 9.73. The van der Waals surface area contributed by atoms with Gasteiger partial charge in [-0.25, -0.2) is 0 Å². The largest absolute Gasteiger partial charge is 0.391 e. The van der Waals surface area contributed by atoms with Crippen molar-refractivity contribution in [2.45, 2.75) is 50.7 Å². The van der Waals surface area contributed by atoms with E-state index in [9.17, 15) is 9.90 Å². The first-order valence-electron chi connectivity index (χ1n) is 6.33. The lowest BCUT2D eigenvalue weighted by Gasteiger charge is -2.23. The number of carbonyl (C=O) groups excluding carboxylic acids is 1. The van der Waals surface area contributed by atoms with Crippen molar-refractivity contribution in [3.63, 3.8) is 0 Å². The summed E-state index contributed by atoms with van der Waals surface area (Å²) in [5.74, 6) is 0.172. The molecule has 92 valence electrons. The van der Waals surface area contributed by atoms with Crippen LogP contribution in [0.2, 0.25) is 0 Å². The van der Waals surface area contributed by atoms with Crippen molar-refractivity contribution in [2.24, 2.45) is 0 Å². The van der Waals surface area contributed by atoms with Gasteiger partial charge in [0.15, 0.2) is 0 Å². The molecule has 2 atom stereocenters. The molecule has 0 radical (unpaired) electrons. The van der Waals surface area contributed by atoms with E-state index < -0.39 is 0 Å². The summed E-state index contributed by atoms with van der Waals surface area (Å²) in [4.78, 5) is 13.6. The van der Waals surface area contributed by atoms with Crippen LogP contribution in [0.15, 0.2) is 0 Å². The highest BCUT2D eigenvalue weighted by Crippen LogP contribution is 2.18. The lowest BCUT2D eigenvalue weighted by Crippen LogP contribution is -2.30. The maximum absolute atomic E-state index is 11.8. The lowest BCUT2D eigenvalue weighted by molar-refractivity contribution is -0.131. The van der Waals surface area contributed by atoms with E-state index >= 15 is 0 Å². The molecule has 1 N–H and O–H groups in total. The molecule has 0 aromatic heterocycles. The summed E-state index contributed by atoms with van der Waals surface area (Å²) >= 11 is 0. The van der Waals surface area contributed by atoms with Crippen LogP contribution in [0.3, 0.4) is 0 Å². The molecule has 4 heteroatoms. The summed E-state index contributed by atoms with van der Waals surface area (Å²) in [6.45, 7) is 2.08. The summed E-state index contributed by atoms with van der Waals surface area (Å²) in [6, 6.07) is 0. The highest BCUT2D eigenvalue weighted by atomic mass is 16.5. The number of likely N-dealkylation sites (tertiary alicyclic amines) is 1. The topological polar surface area (TPSA) is 49.8 Å². The van der Waals surface area contributed by atoms with E-state index in [1.165, 1.54) is 6.42 Å². The fourth-order valence-electron chi connectivity index (χ4n) is 2.45. The highest BCUT2D eigenvalue weighted by Gasteiger charge is 2.25. The maximum Gasteiger partial charge on any atom is 0.222 e. The van der Waals surface area contributed by atoms with Crippen LogP contribution in [0.4, 0.5) is 0 Å². The molecule has 4 nitrogen and oxygen atoms in total. The van der Waals surface area contributed by atoms with Crippen LogP contribution >= 0.6 is 0 Å². The molecule has 0 aromatic rings. The molecule has 1 amide bonds. The number of aliphatic hydroxyl groups excluding tert-OH is 1. The number of rotatable bonds is 3. The molecule has 2 saturated heterocycles. The number of hydrogen-bond donors (Lipinski definition) is 1. The molecule has 16 heavy (non-hydrogen) atoms. The van der Waals surface area contributed by atoms with Crippen LogP contribution in [0.25, 0.3) is 0 Å². The summed E-state index contributed by atoms with van der Waals surface area (Å²) in [6.07, 6.45) is 5.58. The van der Waals surface area contributed by atoms with Crippen LogP contribution in [-0.4, -0.2) is 47.8 Å². The Labute approximate surface area is 96.6 Å². The first-order chi connectivity index (χ1) is 7.75. The van der Waals surface area contributed by atoms with Gasteiger partial charge in [0.05, 0.1) is 12.2 Å². The molecule has 2 heterocycles. The molecular weight excluding hydrogens is 206 g/mol. The number of carbonyl (C=O) groups is 1. The van der Waals surface area contributed by atoms with Gasteiger partial charge in [0.25, 0.3) is 0 Å². The lowest BCUT2D eigenvalue weighted by atomic mass is 10.0. The van der Waals surface area contributed by atoms with Gasteiger partial charge in [0, 0.05) is 26.1 Å². The number of nitrogens with zero attached hydrogens (tertiary/aromatic N) is 1. The molecule has 0 aliphatic carbocycles. The predicted octanol–water partition coefficient (Wildman–Crippen LogP) is 0.929. The minimum absolute atomic E-state index is 0.172. The van der Waals surface area contributed by atoms with E-state index in [-0.39, 0.29) is 18.1 Å². The molecule has 2 aliphatic rings. The SMILES string of the molecule is O=C(CCC1CCCCO1)N1CC[C@@H](O)C1. The number of amides is 1. The van der Waals surface area contributed by atoms with E-state index in [0.29, 0.717) is 19.5 Å². The number of ether oxygens (including phenoxy) is 1. The van der Waals surface area contributed by atoms with Crippen molar-refractivity contribution in [2.75, 3.05) is 19.7 Å². The van der Waals surface area contributed by atoms with Crippen LogP contribution in [0.5, 0.6) is 0 Å². The molecule has 1 unspecified atom stereocenters. The van der Waals surface area contributed by atoms with E-state index in [1.54, 1.807) is 4.90 Å². The van der Waals surface area contributed by atoms with E-state index in [0.717, 1.165) is 32.3 Å². The third kappa shape index (κ3) is 3.19. The average molecular weight is 227 g/mol. The van der Waals surface area contributed by atoms with Gasteiger partial charge in [-0.1, -0.05) is 0 Å². The predicted molar refractivity (Wildman–Crippen MR) is 60.0 cm³/mol. The molecular formula is C12H21NO3. The van der Waals surface area contributed by atoms with Gasteiger partial charge in [-0.05, 0) is 32.1 Å². The Morgan fingerprint density at radius 1 is 1.38 bits per heavy atom. The summed E-state index contributed by atoms with van der Waals surface area (Å²) < 4.78 is 5.59. The van der Waals surface area contributed by atoms with Crippen LogP contribution in [0.1, 0.15) is 38.5 Å². The monoisotopic (exact) mass is 227 g/mol. The summed E-state index contributed by atoms with van der Waals surface area (Å²) in [7, 11) is 0. The van der Waals surface area contributed by atoms with Gasteiger partial charge < -0.3 is 14.7 Å². The minimum atomic E-state index is -0.310. The Bertz CT molecular complexity index is 238. The molecule has 0 spiro atoms. The van der Waals surface area contributed by atoms with Gasteiger partial charge in [-0.15, -0.1) is 0 Å². The quantitative estimate of drug-likeness (QED) is 0.780. The second kappa shape index (κ2) is 5.64. The van der Waals surface area contributed by atoms with Crippen LogP contribution in [-0.2, 0) is 9.53 Å². The van der Waals surface area contributed by atoms with Gasteiger partial charge in [0.1, 0.15) is 0 Å². The molecule has 2 rings (SSSR count). The molecule has 0 aromatic carbocycles. The Hall–Kier alpha value is -0.610. The van der Waals surface area contributed by atoms with Crippen molar-refractivity contribution in [3.05, 3.63) is 0 Å². The first-order valence-corrected chi connectivity index (χ1v) is 6.33. The third-order valence-electron chi connectivity index (χ3n) is 3.47. The van der Waals surface area contributed by atoms with Crippen molar-refractivity contribution in [3.8, 4) is 0 Å². The zero-order chi connectivity index (χ0) is 11.4. The normalized spacial score (nSPS) is 30.7. The van der Waals surface area contributed by atoms with E-state index in [1.807, 2.05) is 0 Å². The van der Waals surface area contributed by atoms with Crippen molar-refractivity contribution < 1.29 is 14.6 Å². The van der Waals surface area contributed by atoms with Gasteiger partial charge in [-0.2, -0.15) is 0 Å². The summed E-state index contributed by atoms with van der Waals surface area (Å²) in [5.41, 5.74) is 0. The van der Waals surface area contributed by atoms with Gasteiger partial charge in [0.2, 0.25) is 5.91 Å². The molecule has 0 saturated carbocycles. The van der Waals surface area contributed by atoms with Crippen molar-refractivity contribution >= 4 is 5.91 Å². The number of hydrogen-bond acceptors (Lipinski definition) is 3. The number of aliphatic hydroxyl groups is 1. The average Bonchev–Trinajstić information content (AvgIpc) is 2.74. The van der Waals surface area contributed by atoms with Gasteiger partial charge >= 0.3 is 0 Å². The molecule has 0 bridgehead atoms. The van der Waals surface area contributed by atoms with Crippen molar-refractivity contribution in [1.29, 1.82) is 0 Å². The standard InChI is InChI=1S/C12H21NO3/c14-10-6-7-13(9-10)12(15)5-4-11-3-1-2-8-16-11/h10-11,14H,1-9H2/t10-,11?/m1/s1. The second-order valence-electron chi connectivity index (χ2n) is 4.81. The van der Waals surface area contributed by atoms with Crippen LogP contribution in [0, 0.1) is 0 Å². The Kier molecular flexibility index (Phi) is 4.18. The summed E-state index contributed by atoms with van der Waals surface area (Å²) in [5, 5.41) is 9.35. The second-order valence-corrected chi connectivity index (χ2v) is 4.81. The maximum atomic E-state index is 11.8. The van der Waals surface area contributed by atoms with Gasteiger partial charge in [-0.3, -0.25) is 4.79 Å².